The molecule has 166 valence electrons. The van der Waals surface area contributed by atoms with E-state index < -0.39 is 11.9 Å². The summed E-state index contributed by atoms with van der Waals surface area (Å²) in [6.07, 6.45) is 3.58. The Kier molecular flexibility index (Phi) is 10.4. The van der Waals surface area contributed by atoms with Crippen molar-refractivity contribution < 1.29 is 43.0 Å². The fraction of sp³-hybridized carbons (Fsp3) is 0.136. The summed E-state index contributed by atoms with van der Waals surface area (Å²) in [6, 6.07) is 12.2. The summed E-state index contributed by atoms with van der Waals surface area (Å²) in [5.41, 5.74) is -0.0405. The van der Waals surface area contributed by atoms with Gasteiger partial charge in [-0.05, 0) is 54.8 Å². The number of aromatic carboxylic acids is 1. The molecular weight excluding hydrogens is 482 g/mol. The van der Waals surface area contributed by atoms with Gasteiger partial charge in [0, 0.05) is 16.8 Å². The molecule has 0 saturated carbocycles. The zero-order chi connectivity index (χ0) is 23.1. The smallest absolute Gasteiger partial charge is 0.545 e. The third kappa shape index (κ3) is 7.32. The number of nitrogens with zero attached hydrogens (tertiary/aromatic N) is 1. The van der Waals surface area contributed by atoms with Gasteiger partial charge in [-0.15, -0.1) is 11.8 Å². The fourth-order valence-electron chi connectivity index (χ4n) is 2.70. The van der Waals surface area contributed by atoms with Crippen LogP contribution < -0.4 is 38.8 Å². The van der Waals surface area contributed by atoms with E-state index in [1.165, 1.54) is 48.2 Å². The van der Waals surface area contributed by atoms with Crippen LogP contribution in [0.3, 0.4) is 0 Å². The Balaban J connectivity index is 0.00000385. The maximum Gasteiger partial charge on any atom is 1.00 e. The van der Waals surface area contributed by atoms with E-state index in [2.05, 4.69) is 10.3 Å². The van der Waals surface area contributed by atoms with Gasteiger partial charge in [0.05, 0.1) is 22.2 Å². The Bertz CT molecular complexity index is 1150. The number of halogens is 2. The van der Waals surface area contributed by atoms with E-state index in [4.69, 9.17) is 32.7 Å². The average molecular weight is 499 g/mol. The maximum atomic E-state index is 12.5. The van der Waals surface area contributed by atoms with Gasteiger partial charge in [0.2, 0.25) is 0 Å². The van der Waals surface area contributed by atoms with Gasteiger partial charge in [-0.25, -0.2) is 4.98 Å². The van der Waals surface area contributed by atoms with E-state index in [1.54, 1.807) is 18.3 Å². The van der Waals surface area contributed by atoms with Gasteiger partial charge >= 0.3 is 18.9 Å². The Morgan fingerprint density at radius 1 is 1.06 bits per heavy atom. The normalized spacial score (nSPS) is 10.2. The van der Waals surface area contributed by atoms with Gasteiger partial charge in [0.25, 0.3) is 5.91 Å². The number of hydrogen-bond donors (Lipinski definition) is 1. The SMILES string of the molecule is CSc1ncccc1OCCOc1ccc(NC(=O)c2ccc(Cl)cc2Cl)c(C(=O)[O-])c1.[Li+]. The maximum absolute atomic E-state index is 12.5. The van der Waals surface area contributed by atoms with Crippen LogP contribution in [-0.2, 0) is 0 Å². The number of thioether (sulfide) groups is 1. The van der Waals surface area contributed by atoms with Crippen LogP contribution >= 0.6 is 35.0 Å². The molecule has 0 atom stereocenters. The van der Waals surface area contributed by atoms with Crippen molar-refractivity contribution in [2.75, 3.05) is 24.8 Å². The van der Waals surface area contributed by atoms with Crippen molar-refractivity contribution in [3.8, 4) is 11.5 Å². The Morgan fingerprint density at radius 3 is 2.52 bits per heavy atom. The molecule has 1 heterocycles. The summed E-state index contributed by atoms with van der Waals surface area (Å²) in [4.78, 5) is 28.3. The van der Waals surface area contributed by atoms with Crippen LogP contribution in [0.1, 0.15) is 20.7 Å². The van der Waals surface area contributed by atoms with Crippen LogP contribution in [0, 0.1) is 0 Å². The Labute approximate surface area is 217 Å². The number of benzene rings is 2. The minimum Gasteiger partial charge on any atom is -0.545 e. The molecule has 0 aliphatic carbocycles. The first-order valence-electron chi connectivity index (χ1n) is 9.25. The molecule has 33 heavy (non-hydrogen) atoms. The summed E-state index contributed by atoms with van der Waals surface area (Å²) in [6.45, 7) is 0.398. The number of hydrogen-bond acceptors (Lipinski definition) is 7. The van der Waals surface area contributed by atoms with Crippen molar-refractivity contribution in [2.45, 2.75) is 5.03 Å². The molecule has 0 spiro atoms. The van der Waals surface area contributed by atoms with Crippen LogP contribution in [0.4, 0.5) is 5.69 Å². The van der Waals surface area contributed by atoms with E-state index in [-0.39, 0.29) is 59.7 Å². The molecule has 11 heteroatoms. The number of carboxylic acids is 1. The molecule has 0 aliphatic heterocycles. The molecule has 1 N–H and O–H groups in total. The number of carboxylic acid groups (broad SMARTS) is 1. The fourth-order valence-corrected chi connectivity index (χ4v) is 3.69. The van der Waals surface area contributed by atoms with Gasteiger partial charge < -0.3 is 24.7 Å². The van der Waals surface area contributed by atoms with E-state index >= 15 is 0 Å². The topological polar surface area (TPSA) is 101 Å². The van der Waals surface area contributed by atoms with Crippen molar-refractivity contribution in [3.63, 3.8) is 0 Å². The number of amides is 1. The number of anilines is 1. The minimum absolute atomic E-state index is 0. The predicted octanol–water partition coefficient (Wildman–Crippen LogP) is 1.19. The molecule has 7 nitrogen and oxygen atoms in total. The first kappa shape index (κ1) is 26.9. The number of nitrogens with one attached hydrogen (secondary N) is 1. The first-order chi connectivity index (χ1) is 15.4. The number of ether oxygens (including phenoxy) is 2. The Morgan fingerprint density at radius 2 is 1.82 bits per heavy atom. The molecule has 1 aromatic heterocycles. The van der Waals surface area contributed by atoms with Gasteiger partial charge in [0.1, 0.15) is 24.0 Å². The van der Waals surface area contributed by atoms with Crippen LogP contribution in [0.25, 0.3) is 0 Å². The molecule has 0 aliphatic rings. The van der Waals surface area contributed by atoms with Crippen molar-refractivity contribution in [1.29, 1.82) is 0 Å². The molecule has 3 aromatic rings. The van der Waals surface area contributed by atoms with Crippen LogP contribution in [-0.4, -0.2) is 36.3 Å². The molecule has 0 bridgehead atoms. The number of carbonyl (C=O) groups excluding carboxylic acids is 2. The number of rotatable bonds is 9. The summed E-state index contributed by atoms with van der Waals surface area (Å²) < 4.78 is 11.2. The second kappa shape index (κ2) is 12.8. The molecule has 0 saturated heterocycles. The molecule has 1 amide bonds. The summed E-state index contributed by atoms with van der Waals surface area (Å²) in [7, 11) is 0. The largest absolute Gasteiger partial charge is 1.00 e. The van der Waals surface area contributed by atoms with Crippen LogP contribution in [0.2, 0.25) is 10.0 Å². The van der Waals surface area contributed by atoms with Gasteiger partial charge in [-0.3, -0.25) is 4.79 Å². The van der Waals surface area contributed by atoms with Crippen LogP contribution in [0.15, 0.2) is 59.8 Å². The van der Waals surface area contributed by atoms with Gasteiger partial charge in [0.15, 0.2) is 5.75 Å². The number of carbonyl (C=O) groups is 2. The van der Waals surface area contributed by atoms with Crippen molar-refractivity contribution in [3.05, 3.63) is 75.9 Å². The third-order valence-electron chi connectivity index (χ3n) is 4.17. The molecular formula is C22H17Cl2LiN2O5S. The molecule has 2 aromatic carbocycles. The molecule has 0 radical (unpaired) electrons. The Hall–Kier alpha value is -2.34. The van der Waals surface area contributed by atoms with Crippen molar-refractivity contribution in [1.82, 2.24) is 4.98 Å². The van der Waals surface area contributed by atoms with Crippen LogP contribution in [0.5, 0.6) is 11.5 Å². The zero-order valence-electron chi connectivity index (χ0n) is 17.8. The van der Waals surface area contributed by atoms with Crippen molar-refractivity contribution in [2.24, 2.45) is 0 Å². The summed E-state index contributed by atoms with van der Waals surface area (Å²) in [5.74, 6) is -1.13. The van der Waals surface area contributed by atoms with E-state index in [0.29, 0.717) is 10.8 Å². The summed E-state index contributed by atoms with van der Waals surface area (Å²) in [5, 5.41) is 15.4. The first-order valence-corrected chi connectivity index (χ1v) is 11.2. The monoisotopic (exact) mass is 498 g/mol. The second-order valence-electron chi connectivity index (χ2n) is 6.28. The number of pyridine rings is 1. The molecule has 3 rings (SSSR count). The standard InChI is InChI=1S/C22H18Cl2N2O5S.Li/c1-32-21-19(3-2-8-25-21)31-10-9-30-14-5-7-18(16(12-14)22(28)29)26-20(27)15-6-4-13(23)11-17(15)24;/h2-8,11-12H,9-10H2,1H3,(H,26,27)(H,28,29);/q;+1/p-1. The third-order valence-corrected chi connectivity index (χ3v) is 5.42. The zero-order valence-corrected chi connectivity index (χ0v) is 20.1. The van der Waals surface area contributed by atoms with Gasteiger partial charge in [-0.1, -0.05) is 23.2 Å². The number of aromatic nitrogens is 1. The predicted molar refractivity (Wildman–Crippen MR) is 122 cm³/mol. The van der Waals surface area contributed by atoms with E-state index in [9.17, 15) is 14.7 Å². The van der Waals surface area contributed by atoms with E-state index in [0.717, 1.165) is 5.03 Å². The molecule has 0 unspecified atom stereocenters. The van der Waals surface area contributed by atoms with E-state index in [1.807, 2.05) is 6.26 Å². The molecule has 0 fully saturated rings. The van der Waals surface area contributed by atoms with Gasteiger partial charge in [-0.2, -0.15) is 0 Å². The second-order valence-corrected chi connectivity index (χ2v) is 7.92. The summed E-state index contributed by atoms with van der Waals surface area (Å²) >= 11 is 13.3. The quantitative estimate of drug-likeness (QED) is 0.268. The average Bonchev–Trinajstić information content (AvgIpc) is 2.77. The minimum atomic E-state index is -1.47. The van der Waals surface area contributed by atoms with Crippen molar-refractivity contribution >= 4 is 52.5 Å².